The summed E-state index contributed by atoms with van der Waals surface area (Å²) in [5, 5.41) is 0.676. The van der Waals surface area contributed by atoms with Gasteiger partial charge in [-0.1, -0.05) is 23.7 Å². The van der Waals surface area contributed by atoms with Crippen molar-refractivity contribution in [1.29, 1.82) is 0 Å². The minimum atomic E-state index is -0.0983. The van der Waals surface area contributed by atoms with Gasteiger partial charge in [0.25, 0.3) is 5.91 Å². The van der Waals surface area contributed by atoms with Gasteiger partial charge < -0.3 is 10.3 Å². The van der Waals surface area contributed by atoms with E-state index in [2.05, 4.69) is 10.4 Å². The molecule has 0 atom stereocenters. The number of nitrogen functional groups attached to an aromatic ring is 1. The van der Waals surface area contributed by atoms with Crippen LogP contribution >= 0.6 is 11.6 Å². The lowest BCUT2D eigenvalue weighted by atomic mass is 10.2. The summed E-state index contributed by atoms with van der Waals surface area (Å²) in [7, 11) is 1.74. The number of carbonyl (C=O) groups excluding carboxylic acids is 1. The van der Waals surface area contributed by atoms with Gasteiger partial charge in [-0.25, -0.2) is 10.8 Å². The van der Waals surface area contributed by atoms with E-state index in [0.29, 0.717) is 22.9 Å². The molecule has 0 aliphatic heterocycles. The molecule has 0 spiro atoms. The Morgan fingerprint density at radius 2 is 2.05 bits per heavy atom. The average Bonchev–Trinajstić information content (AvgIpc) is 2.48. The van der Waals surface area contributed by atoms with Gasteiger partial charge >= 0.3 is 0 Å². The van der Waals surface area contributed by atoms with Crippen LogP contribution in [0.2, 0.25) is 5.02 Å². The van der Waals surface area contributed by atoms with Gasteiger partial charge in [0.2, 0.25) is 0 Å². The molecule has 1 aromatic carbocycles. The standard InChI is InChI=1S/C14H15ClN4O/c1-19(9-10-2-4-12(15)5-3-10)14(20)11-6-7-17-13(8-11)18-16/h2-8H,9,16H2,1H3,(H,17,18). The Kier molecular flexibility index (Phi) is 4.55. The Balaban J connectivity index is 2.09. The van der Waals surface area contributed by atoms with Crippen LogP contribution in [-0.4, -0.2) is 22.8 Å². The number of nitrogens with one attached hydrogen (secondary N) is 1. The van der Waals surface area contributed by atoms with Gasteiger partial charge in [0.15, 0.2) is 0 Å². The molecule has 0 saturated heterocycles. The molecule has 0 unspecified atom stereocenters. The van der Waals surface area contributed by atoms with Crippen molar-refractivity contribution >= 4 is 23.3 Å². The van der Waals surface area contributed by atoms with E-state index in [1.54, 1.807) is 42.4 Å². The van der Waals surface area contributed by atoms with Crippen molar-refractivity contribution in [1.82, 2.24) is 9.88 Å². The van der Waals surface area contributed by atoms with Crippen LogP contribution < -0.4 is 11.3 Å². The average molecular weight is 291 g/mol. The summed E-state index contributed by atoms with van der Waals surface area (Å²) in [5.41, 5.74) is 3.96. The lowest BCUT2D eigenvalue weighted by Gasteiger charge is -2.17. The van der Waals surface area contributed by atoms with E-state index in [1.807, 2.05) is 12.1 Å². The number of benzene rings is 1. The molecule has 0 fully saturated rings. The van der Waals surface area contributed by atoms with Crippen molar-refractivity contribution in [2.45, 2.75) is 6.54 Å². The number of halogens is 1. The number of anilines is 1. The van der Waals surface area contributed by atoms with Gasteiger partial charge in [0.1, 0.15) is 5.82 Å². The zero-order valence-corrected chi connectivity index (χ0v) is 11.8. The first-order valence-electron chi connectivity index (χ1n) is 6.02. The quantitative estimate of drug-likeness (QED) is 0.669. The first kappa shape index (κ1) is 14.3. The van der Waals surface area contributed by atoms with Crippen LogP contribution in [0.5, 0.6) is 0 Å². The minimum absolute atomic E-state index is 0.0983. The molecular formula is C14H15ClN4O. The third kappa shape index (κ3) is 3.46. The van der Waals surface area contributed by atoms with Crippen LogP contribution in [0, 0.1) is 0 Å². The Hall–Kier alpha value is -2.11. The fourth-order valence-electron chi connectivity index (χ4n) is 1.80. The second kappa shape index (κ2) is 6.36. The van der Waals surface area contributed by atoms with Crippen molar-refractivity contribution in [2.24, 2.45) is 5.84 Å². The summed E-state index contributed by atoms with van der Waals surface area (Å²) >= 11 is 5.83. The Morgan fingerprint density at radius 3 is 2.70 bits per heavy atom. The predicted octanol–water partition coefficient (Wildman–Crippen LogP) is 2.29. The largest absolute Gasteiger partial charge is 0.337 e. The summed E-state index contributed by atoms with van der Waals surface area (Å²) in [6.45, 7) is 0.504. The molecule has 0 bridgehead atoms. The van der Waals surface area contributed by atoms with Gasteiger partial charge in [-0.15, -0.1) is 0 Å². The molecular weight excluding hydrogens is 276 g/mol. The summed E-state index contributed by atoms with van der Waals surface area (Å²) in [6.07, 6.45) is 1.54. The maximum Gasteiger partial charge on any atom is 0.254 e. The molecule has 1 heterocycles. The van der Waals surface area contributed by atoms with Crippen LogP contribution in [0.25, 0.3) is 0 Å². The second-order valence-electron chi connectivity index (χ2n) is 4.36. The molecule has 0 radical (unpaired) electrons. The zero-order valence-electron chi connectivity index (χ0n) is 11.0. The molecule has 20 heavy (non-hydrogen) atoms. The maximum atomic E-state index is 12.3. The van der Waals surface area contributed by atoms with E-state index < -0.39 is 0 Å². The highest BCUT2D eigenvalue weighted by Crippen LogP contribution is 2.13. The lowest BCUT2D eigenvalue weighted by Crippen LogP contribution is -2.26. The van der Waals surface area contributed by atoms with Gasteiger partial charge in [0, 0.05) is 30.4 Å². The summed E-state index contributed by atoms with van der Waals surface area (Å²) in [6, 6.07) is 10.7. The molecule has 6 heteroatoms. The van der Waals surface area contributed by atoms with Gasteiger partial charge in [-0.05, 0) is 29.8 Å². The number of rotatable bonds is 4. The van der Waals surface area contributed by atoms with E-state index in [0.717, 1.165) is 5.56 Å². The predicted molar refractivity (Wildman–Crippen MR) is 79.3 cm³/mol. The van der Waals surface area contributed by atoms with Crippen LogP contribution in [-0.2, 0) is 6.54 Å². The molecule has 1 aromatic heterocycles. The number of hydrogen-bond donors (Lipinski definition) is 2. The molecule has 0 aliphatic rings. The molecule has 1 amide bonds. The number of amides is 1. The zero-order chi connectivity index (χ0) is 14.5. The Labute approximate surface area is 122 Å². The van der Waals surface area contributed by atoms with Crippen molar-refractivity contribution in [3.8, 4) is 0 Å². The van der Waals surface area contributed by atoms with E-state index >= 15 is 0 Å². The number of pyridine rings is 1. The topological polar surface area (TPSA) is 71.2 Å². The third-order valence-corrected chi connectivity index (χ3v) is 3.09. The number of nitrogens with zero attached hydrogens (tertiary/aromatic N) is 2. The van der Waals surface area contributed by atoms with Gasteiger partial charge in [-0.2, -0.15) is 0 Å². The smallest absolute Gasteiger partial charge is 0.254 e. The molecule has 0 aliphatic carbocycles. The minimum Gasteiger partial charge on any atom is -0.337 e. The number of aromatic nitrogens is 1. The Bertz CT molecular complexity index is 600. The fourth-order valence-corrected chi connectivity index (χ4v) is 1.92. The monoisotopic (exact) mass is 290 g/mol. The van der Waals surface area contributed by atoms with E-state index in [4.69, 9.17) is 17.4 Å². The highest BCUT2D eigenvalue weighted by atomic mass is 35.5. The van der Waals surface area contributed by atoms with E-state index in [1.165, 1.54) is 0 Å². The molecule has 5 nitrogen and oxygen atoms in total. The number of carbonyl (C=O) groups is 1. The SMILES string of the molecule is CN(Cc1ccc(Cl)cc1)C(=O)c1ccnc(NN)c1. The van der Waals surface area contributed by atoms with E-state index in [9.17, 15) is 4.79 Å². The van der Waals surface area contributed by atoms with Gasteiger partial charge in [-0.3, -0.25) is 4.79 Å². The van der Waals surface area contributed by atoms with Crippen molar-refractivity contribution in [3.05, 3.63) is 58.7 Å². The maximum absolute atomic E-state index is 12.3. The Morgan fingerprint density at radius 1 is 1.35 bits per heavy atom. The van der Waals surface area contributed by atoms with Crippen LogP contribution in [0.4, 0.5) is 5.82 Å². The van der Waals surface area contributed by atoms with Crippen LogP contribution in [0.1, 0.15) is 15.9 Å². The molecule has 0 saturated carbocycles. The molecule has 2 rings (SSSR count). The highest BCUT2D eigenvalue weighted by Gasteiger charge is 2.12. The van der Waals surface area contributed by atoms with Crippen molar-refractivity contribution in [3.63, 3.8) is 0 Å². The van der Waals surface area contributed by atoms with Crippen molar-refractivity contribution in [2.75, 3.05) is 12.5 Å². The second-order valence-corrected chi connectivity index (χ2v) is 4.80. The molecule has 104 valence electrons. The number of hydrazine groups is 1. The fraction of sp³-hybridized carbons (Fsp3) is 0.143. The molecule has 2 aromatic rings. The van der Waals surface area contributed by atoms with Crippen LogP contribution in [0.15, 0.2) is 42.6 Å². The van der Waals surface area contributed by atoms with Gasteiger partial charge in [0.05, 0.1) is 0 Å². The summed E-state index contributed by atoms with van der Waals surface area (Å²) < 4.78 is 0. The third-order valence-electron chi connectivity index (χ3n) is 2.83. The first-order valence-corrected chi connectivity index (χ1v) is 6.40. The summed E-state index contributed by atoms with van der Waals surface area (Å²) in [5.74, 6) is 5.64. The van der Waals surface area contributed by atoms with E-state index in [-0.39, 0.29) is 5.91 Å². The molecule has 3 N–H and O–H groups in total. The number of nitrogens with two attached hydrogens (primary N) is 1. The van der Waals surface area contributed by atoms with Crippen molar-refractivity contribution < 1.29 is 4.79 Å². The normalized spacial score (nSPS) is 10.2. The summed E-state index contributed by atoms with van der Waals surface area (Å²) in [4.78, 5) is 17.9. The first-order chi connectivity index (χ1) is 9.60. The van der Waals surface area contributed by atoms with Crippen LogP contribution in [0.3, 0.4) is 0 Å². The lowest BCUT2D eigenvalue weighted by molar-refractivity contribution is 0.0785. The number of hydrogen-bond acceptors (Lipinski definition) is 4. The highest BCUT2D eigenvalue weighted by molar-refractivity contribution is 6.30.